The third-order valence-corrected chi connectivity index (χ3v) is 7.15. The number of fused-ring (bicyclic) bond motifs is 1. The van der Waals surface area contributed by atoms with E-state index in [1.165, 1.54) is 0 Å². The second kappa shape index (κ2) is 6.91. The van der Waals surface area contributed by atoms with E-state index < -0.39 is 27.0 Å². The SMILES string of the molecule is Cc1ccc(S(=O)(=O)C2C(=O)Oc3cc(C)ccc3C2c2ccccc2)cc1. The van der Waals surface area contributed by atoms with Gasteiger partial charge in [-0.3, -0.25) is 4.79 Å². The zero-order valence-corrected chi connectivity index (χ0v) is 16.4. The highest BCUT2D eigenvalue weighted by molar-refractivity contribution is 7.92. The average molecular weight is 392 g/mol. The van der Waals surface area contributed by atoms with E-state index in [1.54, 1.807) is 30.3 Å². The molecule has 0 N–H and O–H groups in total. The zero-order valence-electron chi connectivity index (χ0n) is 15.6. The molecule has 0 fully saturated rings. The van der Waals surface area contributed by atoms with Crippen LogP contribution in [0.2, 0.25) is 0 Å². The van der Waals surface area contributed by atoms with Crippen molar-refractivity contribution >= 4 is 15.8 Å². The number of sulfone groups is 1. The molecule has 3 aromatic carbocycles. The molecule has 0 saturated carbocycles. The summed E-state index contributed by atoms with van der Waals surface area (Å²) in [7, 11) is -3.95. The van der Waals surface area contributed by atoms with Gasteiger partial charge in [0, 0.05) is 11.5 Å². The number of hydrogen-bond acceptors (Lipinski definition) is 4. The maximum Gasteiger partial charge on any atom is 0.331 e. The number of carbonyl (C=O) groups is 1. The monoisotopic (exact) mass is 392 g/mol. The molecule has 1 aliphatic rings. The van der Waals surface area contributed by atoms with Crippen LogP contribution < -0.4 is 4.74 Å². The number of rotatable bonds is 3. The number of benzene rings is 3. The molecule has 0 amide bonds. The Morgan fingerprint density at radius 2 is 1.46 bits per heavy atom. The predicted octanol–water partition coefficient (Wildman–Crippen LogP) is 4.20. The minimum Gasteiger partial charge on any atom is -0.425 e. The Morgan fingerprint density at radius 1 is 0.821 bits per heavy atom. The first-order valence-electron chi connectivity index (χ1n) is 9.05. The third kappa shape index (κ3) is 3.12. The molecular weight excluding hydrogens is 372 g/mol. The Bertz CT molecular complexity index is 1130. The van der Waals surface area contributed by atoms with Gasteiger partial charge in [-0.15, -0.1) is 0 Å². The minimum absolute atomic E-state index is 0.122. The van der Waals surface area contributed by atoms with Gasteiger partial charge in [-0.2, -0.15) is 0 Å². The maximum absolute atomic E-state index is 13.5. The van der Waals surface area contributed by atoms with E-state index in [9.17, 15) is 13.2 Å². The van der Waals surface area contributed by atoms with Crippen molar-refractivity contribution in [3.05, 3.63) is 95.1 Å². The molecule has 1 aliphatic heterocycles. The molecule has 5 heteroatoms. The summed E-state index contributed by atoms with van der Waals surface area (Å²) >= 11 is 0. The zero-order chi connectivity index (χ0) is 19.9. The Morgan fingerprint density at radius 3 is 2.14 bits per heavy atom. The largest absolute Gasteiger partial charge is 0.425 e. The van der Waals surface area contributed by atoms with E-state index in [2.05, 4.69) is 0 Å². The van der Waals surface area contributed by atoms with Crippen molar-refractivity contribution in [2.45, 2.75) is 29.9 Å². The molecule has 0 aromatic heterocycles. The van der Waals surface area contributed by atoms with E-state index >= 15 is 0 Å². The van der Waals surface area contributed by atoms with Crippen LogP contribution in [0.25, 0.3) is 0 Å². The summed E-state index contributed by atoms with van der Waals surface area (Å²) < 4.78 is 32.4. The number of aryl methyl sites for hydroxylation is 2. The van der Waals surface area contributed by atoms with Gasteiger partial charge in [0.05, 0.1) is 4.90 Å². The molecule has 2 atom stereocenters. The molecule has 0 aliphatic carbocycles. The van der Waals surface area contributed by atoms with Gasteiger partial charge in [0.25, 0.3) is 0 Å². The fourth-order valence-electron chi connectivity index (χ4n) is 3.65. The first-order valence-corrected chi connectivity index (χ1v) is 10.6. The summed E-state index contributed by atoms with van der Waals surface area (Å²) in [6.45, 7) is 3.79. The van der Waals surface area contributed by atoms with Crippen LogP contribution in [0.5, 0.6) is 5.75 Å². The highest BCUT2D eigenvalue weighted by Gasteiger charge is 2.47. The van der Waals surface area contributed by atoms with Crippen LogP contribution in [0.4, 0.5) is 0 Å². The van der Waals surface area contributed by atoms with Gasteiger partial charge >= 0.3 is 5.97 Å². The lowest BCUT2D eigenvalue weighted by Crippen LogP contribution is -2.42. The van der Waals surface area contributed by atoms with Crippen LogP contribution in [0.15, 0.2) is 77.7 Å². The summed E-state index contributed by atoms with van der Waals surface area (Å²) in [5.74, 6) is -0.953. The Balaban J connectivity index is 1.93. The second-order valence-corrected chi connectivity index (χ2v) is 9.20. The fraction of sp³-hybridized carbons (Fsp3) is 0.174. The van der Waals surface area contributed by atoms with E-state index in [1.807, 2.05) is 56.3 Å². The molecule has 4 rings (SSSR count). The third-order valence-electron chi connectivity index (χ3n) is 5.09. The van der Waals surface area contributed by atoms with Crippen molar-refractivity contribution in [3.63, 3.8) is 0 Å². The lowest BCUT2D eigenvalue weighted by atomic mass is 9.85. The van der Waals surface area contributed by atoms with Crippen LogP contribution in [-0.2, 0) is 14.6 Å². The molecule has 1 heterocycles. The van der Waals surface area contributed by atoms with Crippen LogP contribution in [0.3, 0.4) is 0 Å². The first-order chi connectivity index (χ1) is 13.4. The molecule has 0 spiro atoms. The summed E-state index contributed by atoms with van der Waals surface area (Å²) in [5, 5.41) is -1.34. The molecule has 142 valence electrons. The van der Waals surface area contributed by atoms with Crippen molar-refractivity contribution < 1.29 is 17.9 Å². The molecule has 2 unspecified atom stereocenters. The molecule has 4 nitrogen and oxygen atoms in total. The molecule has 0 saturated heterocycles. The van der Waals surface area contributed by atoms with E-state index in [0.29, 0.717) is 11.3 Å². The molecular formula is C23H20O4S. The molecule has 28 heavy (non-hydrogen) atoms. The van der Waals surface area contributed by atoms with E-state index in [4.69, 9.17) is 4.74 Å². The molecule has 0 radical (unpaired) electrons. The van der Waals surface area contributed by atoms with Crippen LogP contribution in [-0.4, -0.2) is 19.6 Å². The molecule has 0 bridgehead atoms. The van der Waals surface area contributed by atoms with E-state index in [0.717, 1.165) is 16.7 Å². The maximum atomic E-state index is 13.5. The number of carbonyl (C=O) groups excluding carboxylic acids is 1. The first kappa shape index (κ1) is 18.4. The standard InChI is InChI=1S/C23H20O4S/c1-15-8-11-18(12-9-15)28(25,26)22-21(17-6-4-3-5-7-17)19-13-10-16(2)14-20(19)27-23(22)24/h3-14,21-22H,1-2H3. The topological polar surface area (TPSA) is 60.4 Å². The van der Waals surface area contributed by atoms with Gasteiger partial charge in [-0.1, -0.05) is 60.2 Å². The number of hydrogen-bond donors (Lipinski definition) is 0. The van der Waals surface area contributed by atoms with Crippen LogP contribution in [0, 0.1) is 13.8 Å². The lowest BCUT2D eigenvalue weighted by Gasteiger charge is -2.32. The van der Waals surface area contributed by atoms with Crippen LogP contribution >= 0.6 is 0 Å². The van der Waals surface area contributed by atoms with Gasteiger partial charge in [0.15, 0.2) is 15.1 Å². The Labute approximate surface area is 164 Å². The van der Waals surface area contributed by atoms with Crippen molar-refractivity contribution in [3.8, 4) is 5.75 Å². The summed E-state index contributed by atoms with van der Waals surface area (Å²) in [6, 6.07) is 21.4. The predicted molar refractivity (Wildman–Crippen MR) is 107 cm³/mol. The highest BCUT2D eigenvalue weighted by Crippen LogP contribution is 2.43. The van der Waals surface area contributed by atoms with Crippen LogP contribution in [0.1, 0.15) is 28.2 Å². The number of esters is 1. The van der Waals surface area contributed by atoms with Crippen molar-refractivity contribution in [2.24, 2.45) is 0 Å². The van der Waals surface area contributed by atoms with Gasteiger partial charge in [0.1, 0.15) is 5.75 Å². The quantitative estimate of drug-likeness (QED) is 0.495. The average Bonchev–Trinajstić information content (AvgIpc) is 2.67. The second-order valence-electron chi connectivity index (χ2n) is 7.13. The normalized spacial score (nSPS) is 19.0. The molecule has 3 aromatic rings. The van der Waals surface area contributed by atoms with Crippen molar-refractivity contribution in [2.75, 3.05) is 0 Å². The van der Waals surface area contributed by atoms with Gasteiger partial charge < -0.3 is 4.74 Å². The fourth-order valence-corrected chi connectivity index (χ4v) is 5.42. The van der Waals surface area contributed by atoms with Gasteiger partial charge in [-0.25, -0.2) is 8.42 Å². The summed E-state index contributed by atoms with van der Waals surface area (Å²) in [4.78, 5) is 13.1. The Kier molecular flexibility index (Phi) is 4.55. The van der Waals surface area contributed by atoms with E-state index in [-0.39, 0.29) is 4.90 Å². The Hall–Kier alpha value is -2.92. The smallest absolute Gasteiger partial charge is 0.331 e. The van der Waals surface area contributed by atoms with Crippen molar-refractivity contribution in [1.82, 2.24) is 0 Å². The van der Waals surface area contributed by atoms with Gasteiger partial charge in [-0.05, 0) is 43.2 Å². The highest BCUT2D eigenvalue weighted by atomic mass is 32.2. The summed E-state index contributed by atoms with van der Waals surface area (Å²) in [6.07, 6.45) is 0. The summed E-state index contributed by atoms with van der Waals surface area (Å²) in [5.41, 5.74) is 3.37. The minimum atomic E-state index is -3.95. The van der Waals surface area contributed by atoms with Crippen molar-refractivity contribution in [1.29, 1.82) is 0 Å². The lowest BCUT2D eigenvalue weighted by molar-refractivity contribution is -0.135. The van der Waals surface area contributed by atoms with Gasteiger partial charge in [0.2, 0.25) is 0 Å². The number of ether oxygens (including phenoxy) is 1.